The van der Waals surface area contributed by atoms with Gasteiger partial charge in [0.25, 0.3) is 5.91 Å². The first kappa shape index (κ1) is 23.0. The molecule has 0 spiro atoms. The Morgan fingerprint density at radius 3 is 2.54 bits per heavy atom. The minimum absolute atomic E-state index is 0.132. The second-order valence-electron chi connectivity index (χ2n) is 10.3. The number of aryl methyl sites for hydroxylation is 1. The molecule has 2 aliphatic heterocycles. The number of hydrogen-bond donors (Lipinski definition) is 0. The Labute approximate surface area is 212 Å². The normalized spacial score (nSPS) is 19.5. The molecule has 0 unspecified atom stereocenters. The molecule has 0 saturated carbocycles. The molecule has 6 rings (SSSR count). The highest BCUT2D eigenvalue weighted by atomic mass is 32.1. The average molecular weight is 490 g/mol. The van der Waals surface area contributed by atoms with Crippen LogP contribution in [-0.4, -0.2) is 83.2 Å². The number of piperidine rings is 1. The van der Waals surface area contributed by atoms with Crippen LogP contribution in [0, 0.1) is 0 Å². The largest absolute Gasteiger partial charge is 0.335 e. The van der Waals surface area contributed by atoms with Crippen LogP contribution in [0.1, 0.15) is 45.4 Å². The molecule has 1 amide bonds. The van der Waals surface area contributed by atoms with Crippen LogP contribution in [0.2, 0.25) is 0 Å². The smallest absolute Gasteiger partial charge is 0.274 e. The minimum atomic E-state index is 0.132. The van der Waals surface area contributed by atoms with Gasteiger partial charge in [0.2, 0.25) is 0 Å². The van der Waals surface area contributed by atoms with Gasteiger partial charge in [-0.25, -0.2) is 0 Å². The maximum atomic E-state index is 13.6. The number of amides is 1. The van der Waals surface area contributed by atoms with Crippen LogP contribution in [-0.2, 0) is 19.3 Å². The van der Waals surface area contributed by atoms with Crippen LogP contribution in [0.15, 0.2) is 41.8 Å². The lowest BCUT2D eigenvalue weighted by atomic mass is 9.93. The third kappa shape index (κ3) is 4.57. The zero-order valence-electron chi connectivity index (χ0n) is 20.7. The first-order valence-corrected chi connectivity index (χ1v) is 14.0. The van der Waals surface area contributed by atoms with Crippen molar-refractivity contribution in [2.75, 3.05) is 52.9 Å². The van der Waals surface area contributed by atoms with Crippen molar-refractivity contribution in [2.24, 2.45) is 0 Å². The first-order chi connectivity index (χ1) is 17.2. The summed E-state index contributed by atoms with van der Waals surface area (Å²) in [5.74, 6) is 0.132. The number of aromatic nitrogens is 2. The Bertz CT molecular complexity index is 1170. The van der Waals surface area contributed by atoms with Crippen LogP contribution in [0.5, 0.6) is 0 Å². The van der Waals surface area contributed by atoms with E-state index in [0.717, 1.165) is 77.9 Å². The Hall–Kier alpha value is -2.48. The van der Waals surface area contributed by atoms with Crippen molar-refractivity contribution in [3.05, 3.63) is 63.5 Å². The molecule has 0 radical (unpaired) electrons. The van der Waals surface area contributed by atoms with Gasteiger partial charge in [-0.05, 0) is 56.2 Å². The predicted molar refractivity (Wildman–Crippen MR) is 141 cm³/mol. The number of fused-ring (bicyclic) bond motifs is 3. The average Bonchev–Trinajstić information content (AvgIpc) is 3.53. The van der Waals surface area contributed by atoms with E-state index in [1.165, 1.54) is 27.3 Å². The quantitative estimate of drug-likeness (QED) is 0.544. The molecule has 3 aromatic rings. The lowest BCUT2D eigenvalue weighted by molar-refractivity contribution is 0.0655. The number of nitrogens with zero attached hydrogens (tertiary/aromatic N) is 5. The van der Waals surface area contributed by atoms with Crippen molar-refractivity contribution in [2.45, 2.75) is 38.1 Å². The van der Waals surface area contributed by atoms with E-state index in [2.05, 4.69) is 63.3 Å². The summed E-state index contributed by atoms with van der Waals surface area (Å²) >= 11 is 1.84. The van der Waals surface area contributed by atoms with Gasteiger partial charge in [-0.15, -0.1) is 11.3 Å². The molecule has 6 nitrogen and oxygen atoms in total. The molecule has 4 heterocycles. The fourth-order valence-corrected chi connectivity index (χ4v) is 6.77. The van der Waals surface area contributed by atoms with Crippen LogP contribution in [0.25, 0.3) is 11.3 Å². The maximum Gasteiger partial charge on any atom is 0.274 e. The van der Waals surface area contributed by atoms with E-state index in [-0.39, 0.29) is 5.91 Å². The zero-order chi connectivity index (χ0) is 23.8. The number of rotatable bonds is 5. The van der Waals surface area contributed by atoms with Crippen molar-refractivity contribution in [3.8, 4) is 11.3 Å². The maximum absolute atomic E-state index is 13.6. The third-order valence-corrected chi connectivity index (χ3v) is 9.05. The van der Waals surface area contributed by atoms with E-state index < -0.39 is 0 Å². The summed E-state index contributed by atoms with van der Waals surface area (Å²) < 4.78 is 2.26. The Morgan fingerprint density at radius 2 is 1.77 bits per heavy atom. The van der Waals surface area contributed by atoms with Gasteiger partial charge in [0, 0.05) is 61.8 Å². The van der Waals surface area contributed by atoms with Crippen LogP contribution in [0.3, 0.4) is 0 Å². The van der Waals surface area contributed by atoms with E-state index in [9.17, 15) is 4.79 Å². The molecule has 0 N–H and O–H groups in total. The van der Waals surface area contributed by atoms with Crippen molar-refractivity contribution in [1.29, 1.82) is 0 Å². The van der Waals surface area contributed by atoms with Crippen molar-refractivity contribution in [1.82, 2.24) is 24.5 Å². The molecular weight excluding hydrogens is 454 g/mol. The topological polar surface area (TPSA) is 44.6 Å². The number of carbonyl (C=O) groups excluding carboxylic acids is 1. The molecule has 1 aliphatic carbocycles. The summed E-state index contributed by atoms with van der Waals surface area (Å²) in [6, 6.07) is 13.4. The Kier molecular flexibility index (Phi) is 6.48. The van der Waals surface area contributed by atoms with Gasteiger partial charge >= 0.3 is 0 Å². The summed E-state index contributed by atoms with van der Waals surface area (Å²) in [4.78, 5) is 22.0. The van der Waals surface area contributed by atoms with E-state index in [1.54, 1.807) is 0 Å². The van der Waals surface area contributed by atoms with Crippen molar-refractivity contribution in [3.63, 3.8) is 0 Å². The standard InChI is InChI=1S/C28H35N5OS/c1-30-16-18-32(19-17-30)28(34)26-24-7-8-25-23(12-20-35-25)27(24)33(29-26)22-10-14-31(15-11-22)13-9-21-5-3-2-4-6-21/h2-6,12,20,22H,7-11,13-19H2,1H3. The van der Waals surface area contributed by atoms with E-state index in [1.807, 2.05) is 16.2 Å². The Morgan fingerprint density at radius 1 is 1.00 bits per heavy atom. The van der Waals surface area contributed by atoms with E-state index in [0.29, 0.717) is 11.7 Å². The number of thiophene rings is 1. The fraction of sp³-hybridized carbons (Fsp3) is 0.500. The van der Waals surface area contributed by atoms with Crippen LogP contribution in [0.4, 0.5) is 0 Å². The van der Waals surface area contributed by atoms with Crippen molar-refractivity contribution >= 4 is 17.2 Å². The SMILES string of the molecule is CN1CCN(C(=O)c2nn(C3CCN(CCc4ccccc4)CC3)c3c2CCc2sccc2-3)CC1. The summed E-state index contributed by atoms with van der Waals surface area (Å²) in [5.41, 5.74) is 5.85. The second-order valence-corrected chi connectivity index (χ2v) is 11.3. The zero-order valence-corrected chi connectivity index (χ0v) is 21.5. The summed E-state index contributed by atoms with van der Waals surface area (Å²) in [6.07, 6.45) is 5.22. The van der Waals surface area contributed by atoms with Gasteiger partial charge in [-0.1, -0.05) is 30.3 Å². The molecule has 0 bridgehead atoms. The number of carbonyl (C=O) groups is 1. The number of likely N-dealkylation sites (N-methyl/N-ethyl adjacent to an activating group) is 1. The molecule has 2 aromatic heterocycles. The summed E-state index contributed by atoms with van der Waals surface area (Å²) in [5, 5.41) is 7.30. The van der Waals surface area contributed by atoms with Gasteiger partial charge in [-0.2, -0.15) is 5.10 Å². The number of benzene rings is 1. The molecule has 2 saturated heterocycles. The Balaban J connectivity index is 1.22. The number of hydrogen-bond acceptors (Lipinski definition) is 5. The van der Waals surface area contributed by atoms with Crippen LogP contribution < -0.4 is 0 Å². The van der Waals surface area contributed by atoms with Crippen molar-refractivity contribution < 1.29 is 4.79 Å². The molecule has 3 aliphatic rings. The van der Waals surface area contributed by atoms with E-state index >= 15 is 0 Å². The first-order valence-electron chi connectivity index (χ1n) is 13.1. The molecular formula is C28H35N5OS. The number of piperazine rings is 1. The predicted octanol–water partition coefficient (Wildman–Crippen LogP) is 3.98. The molecule has 35 heavy (non-hydrogen) atoms. The summed E-state index contributed by atoms with van der Waals surface area (Å²) in [6.45, 7) is 6.74. The van der Waals surface area contributed by atoms with E-state index in [4.69, 9.17) is 5.10 Å². The molecule has 7 heteroatoms. The molecule has 184 valence electrons. The highest BCUT2D eigenvalue weighted by Crippen LogP contribution is 2.41. The highest BCUT2D eigenvalue weighted by Gasteiger charge is 2.34. The van der Waals surface area contributed by atoms with Gasteiger partial charge in [0.05, 0.1) is 11.7 Å². The van der Waals surface area contributed by atoms with Crippen LogP contribution >= 0.6 is 11.3 Å². The number of likely N-dealkylation sites (tertiary alicyclic amines) is 1. The lowest BCUT2D eigenvalue weighted by Gasteiger charge is -2.33. The second kappa shape index (κ2) is 9.88. The van der Waals surface area contributed by atoms with Gasteiger partial charge < -0.3 is 14.7 Å². The highest BCUT2D eigenvalue weighted by molar-refractivity contribution is 7.10. The summed E-state index contributed by atoms with van der Waals surface area (Å²) in [7, 11) is 2.13. The monoisotopic (exact) mass is 489 g/mol. The van der Waals surface area contributed by atoms with Gasteiger partial charge in [0.1, 0.15) is 0 Å². The lowest BCUT2D eigenvalue weighted by Crippen LogP contribution is -2.47. The van der Waals surface area contributed by atoms with Gasteiger partial charge in [-0.3, -0.25) is 9.48 Å². The minimum Gasteiger partial charge on any atom is -0.335 e. The molecule has 1 aromatic carbocycles. The van der Waals surface area contributed by atoms with Gasteiger partial charge in [0.15, 0.2) is 5.69 Å². The molecule has 0 atom stereocenters. The molecule has 2 fully saturated rings. The fourth-order valence-electron chi connectivity index (χ4n) is 5.89. The third-order valence-electron chi connectivity index (χ3n) is 8.07.